The monoisotopic (exact) mass is 643 g/mol. The van der Waals surface area contributed by atoms with E-state index in [0.29, 0.717) is 26.5 Å². The van der Waals surface area contributed by atoms with Gasteiger partial charge in [0.15, 0.2) is 28.2 Å². The van der Waals surface area contributed by atoms with Crippen LogP contribution >= 0.6 is 0 Å². The molecule has 2 fully saturated rings. The Morgan fingerprint density at radius 2 is 1.71 bits per heavy atom. The van der Waals surface area contributed by atoms with Crippen molar-refractivity contribution in [2.75, 3.05) is 11.4 Å². The third kappa shape index (κ3) is 5.50. The van der Waals surface area contributed by atoms with Gasteiger partial charge in [-0.1, -0.05) is 25.3 Å². The number of halogens is 4. The average molecular weight is 644 g/mol. The maximum atomic E-state index is 14.8. The van der Waals surface area contributed by atoms with E-state index in [0.717, 1.165) is 44.7 Å². The van der Waals surface area contributed by atoms with Gasteiger partial charge in [-0.05, 0) is 56.5 Å². The number of aromatic amines is 1. The molecule has 0 radical (unpaired) electrons. The second kappa shape index (κ2) is 12.0. The van der Waals surface area contributed by atoms with E-state index in [1.807, 2.05) is 12.1 Å². The van der Waals surface area contributed by atoms with Gasteiger partial charge in [-0.25, -0.2) is 31.1 Å². The number of fused-ring (bicyclic) bond motifs is 1. The topological polar surface area (TPSA) is 116 Å². The highest BCUT2D eigenvalue weighted by molar-refractivity contribution is 7.89. The Morgan fingerprint density at radius 1 is 1.00 bits per heavy atom. The molecule has 2 aromatic heterocycles. The molecular formula is C31H29F4N5O4S. The van der Waals surface area contributed by atoms with Gasteiger partial charge in [-0.2, -0.15) is 9.40 Å². The Balaban J connectivity index is 1.38. The number of nitrogens with one attached hydrogen (secondary N) is 1. The summed E-state index contributed by atoms with van der Waals surface area (Å²) >= 11 is 0. The molecule has 3 heterocycles. The largest absolute Gasteiger partial charge is 0.305 e. The Hall–Kier alpha value is -4.17. The quantitative estimate of drug-likeness (QED) is 0.218. The molecule has 2 aliphatic rings. The van der Waals surface area contributed by atoms with Crippen molar-refractivity contribution in [1.29, 1.82) is 0 Å². The van der Waals surface area contributed by atoms with Crippen LogP contribution in [0, 0.1) is 30.2 Å². The lowest BCUT2D eigenvalue weighted by Crippen LogP contribution is -2.59. The molecule has 1 saturated carbocycles. The van der Waals surface area contributed by atoms with Gasteiger partial charge in [-0.3, -0.25) is 14.6 Å². The predicted octanol–water partition coefficient (Wildman–Crippen LogP) is 5.23. The normalized spacial score (nSPS) is 17.8. The van der Waals surface area contributed by atoms with Crippen molar-refractivity contribution >= 4 is 32.4 Å². The lowest BCUT2D eigenvalue weighted by Gasteiger charge is -2.41. The number of amides is 1. The van der Waals surface area contributed by atoms with Gasteiger partial charge in [-0.15, -0.1) is 0 Å². The van der Waals surface area contributed by atoms with E-state index in [-0.39, 0.29) is 25.4 Å². The summed E-state index contributed by atoms with van der Waals surface area (Å²) in [6, 6.07) is 8.63. The van der Waals surface area contributed by atoms with Gasteiger partial charge >= 0.3 is 0 Å². The molecule has 1 aliphatic carbocycles. The molecule has 4 aromatic rings. The van der Waals surface area contributed by atoms with Crippen molar-refractivity contribution in [2.45, 2.75) is 68.8 Å². The van der Waals surface area contributed by atoms with Gasteiger partial charge in [0.05, 0.1) is 23.8 Å². The van der Waals surface area contributed by atoms with Crippen molar-refractivity contribution < 1.29 is 30.8 Å². The van der Waals surface area contributed by atoms with Crippen LogP contribution in [0.4, 0.5) is 23.2 Å². The first-order valence-corrected chi connectivity index (χ1v) is 16.0. The van der Waals surface area contributed by atoms with E-state index in [4.69, 9.17) is 4.98 Å². The fraction of sp³-hybridized carbons (Fsp3) is 0.355. The number of carbonyl (C=O) groups excluding carboxylic acids is 1. The molecule has 1 amide bonds. The van der Waals surface area contributed by atoms with Crippen LogP contribution in [0.15, 0.2) is 52.3 Å². The molecule has 2 aromatic carbocycles. The number of anilines is 1. The molecule has 6 rings (SSSR count). The first-order valence-electron chi connectivity index (χ1n) is 14.6. The molecule has 0 spiro atoms. The number of nitrogens with zero attached hydrogens (tertiary/aromatic N) is 4. The third-order valence-corrected chi connectivity index (χ3v) is 10.6. The van der Waals surface area contributed by atoms with E-state index in [1.165, 1.54) is 23.2 Å². The van der Waals surface area contributed by atoms with Crippen LogP contribution < -0.4 is 10.5 Å². The van der Waals surface area contributed by atoms with Crippen LogP contribution in [0.3, 0.4) is 0 Å². The zero-order valence-electron chi connectivity index (χ0n) is 24.2. The fourth-order valence-electron chi connectivity index (χ4n) is 6.07. The molecule has 1 saturated heterocycles. The van der Waals surface area contributed by atoms with Crippen molar-refractivity contribution in [2.24, 2.45) is 0 Å². The Morgan fingerprint density at radius 3 is 2.38 bits per heavy atom. The highest BCUT2D eigenvalue weighted by Crippen LogP contribution is 2.36. The molecule has 14 heteroatoms. The number of pyridine rings is 1. The molecule has 0 unspecified atom stereocenters. The maximum Gasteiger partial charge on any atom is 0.272 e. The smallest absolute Gasteiger partial charge is 0.272 e. The number of hydrogen-bond acceptors (Lipinski definition) is 6. The van der Waals surface area contributed by atoms with Crippen LogP contribution in [0.5, 0.6) is 0 Å². The maximum absolute atomic E-state index is 14.8. The minimum atomic E-state index is -5.18. The first kappa shape index (κ1) is 30.8. The molecule has 45 heavy (non-hydrogen) atoms. The predicted molar refractivity (Wildman–Crippen MR) is 157 cm³/mol. The fourth-order valence-corrected chi connectivity index (χ4v) is 7.81. The summed E-state index contributed by atoms with van der Waals surface area (Å²) < 4.78 is 85.7. The Kier molecular flexibility index (Phi) is 8.20. The summed E-state index contributed by atoms with van der Waals surface area (Å²) in [6.07, 6.45) is 6.71. The average Bonchev–Trinajstić information content (AvgIpc) is 3.01. The van der Waals surface area contributed by atoms with E-state index >= 15 is 0 Å². The summed E-state index contributed by atoms with van der Waals surface area (Å²) in [7, 11) is -5.18. The van der Waals surface area contributed by atoms with Crippen LogP contribution in [0.2, 0.25) is 0 Å². The van der Waals surface area contributed by atoms with Gasteiger partial charge in [0, 0.05) is 34.8 Å². The van der Waals surface area contributed by atoms with E-state index < -0.39 is 61.3 Å². The molecule has 1 atom stereocenters. The molecule has 1 aliphatic heterocycles. The van der Waals surface area contributed by atoms with Crippen molar-refractivity contribution in [1.82, 2.24) is 19.5 Å². The van der Waals surface area contributed by atoms with Crippen LogP contribution in [0.1, 0.15) is 61.4 Å². The second-order valence-corrected chi connectivity index (χ2v) is 13.2. The van der Waals surface area contributed by atoms with E-state index in [1.54, 1.807) is 12.1 Å². The van der Waals surface area contributed by atoms with Crippen LogP contribution in [-0.4, -0.2) is 46.4 Å². The van der Waals surface area contributed by atoms with Gasteiger partial charge in [0.2, 0.25) is 15.9 Å². The number of carbonyl (C=O) groups is 1. The number of benzene rings is 2. The zero-order valence-corrected chi connectivity index (χ0v) is 25.0. The van der Waals surface area contributed by atoms with Crippen molar-refractivity contribution in [3.8, 4) is 0 Å². The molecular weight excluding hydrogens is 614 g/mol. The lowest BCUT2D eigenvalue weighted by molar-refractivity contribution is -0.125. The standard InChI is InChI=1S/C31H29F4N5O4S/c1-17-25(32)27(34)29(28(35)26(17)33)45(43,44)40-13-12-24(40)31(42)39(21-10-11-22-19(14-21)15-36-38-30(22)41)16-20-8-5-9-23(37-20)18-6-3-2-4-7-18/h5,8-11,14-15,18,24H,2-4,6-7,12-13,16H2,1H3,(H,38,41)/t24-/m1/s1. The van der Waals surface area contributed by atoms with Crippen LogP contribution in [0.25, 0.3) is 10.8 Å². The van der Waals surface area contributed by atoms with Gasteiger partial charge in [0.25, 0.3) is 5.56 Å². The number of rotatable bonds is 7. The Bertz CT molecular complexity index is 1950. The first-order chi connectivity index (χ1) is 21.5. The summed E-state index contributed by atoms with van der Waals surface area (Å²) in [5, 5.41) is 6.86. The molecule has 0 bridgehead atoms. The lowest BCUT2D eigenvalue weighted by atomic mass is 9.86. The highest BCUT2D eigenvalue weighted by atomic mass is 32.2. The molecule has 236 valence electrons. The highest BCUT2D eigenvalue weighted by Gasteiger charge is 2.47. The Labute approximate surface area is 255 Å². The number of sulfonamides is 1. The van der Waals surface area contributed by atoms with Crippen molar-refractivity contribution in [3.05, 3.63) is 93.2 Å². The SMILES string of the molecule is Cc1c(F)c(F)c(S(=O)(=O)N2CC[C@@H]2C(=O)N(Cc2cccc(C3CCCCC3)n2)c2ccc3c(=O)[nH]ncc3c2)c(F)c1F. The summed E-state index contributed by atoms with van der Waals surface area (Å²) in [5.41, 5.74) is 0.245. The molecule has 9 nitrogen and oxygen atoms in total. The van der Waals surface area contributed by atoms with Gasteiger partial charge < -0.3 is 4.90 Å². The van der Waals surface area contributed by atoms with E-state index in [9.17, 15) is 35.6 Å². The van der Waals surface area contributed by atoms with E-state index in [2.05, 4.69) is 10.2 Å². The minimum absolute atomic E-state index is 0.0149. The second-order valence-electron chi connectivity index (χ2n) is 11.4. The van der Waals surface area contributed by atoms with Crippen molar-refractivity contribution in [3.63, 3.8) is 0 Å². The third-order valence-electron chi connectivity index (χ3n) is 8.66. The van der Waals surface area contributed by atoms with Crippen LogP contribution in [-0.2, 0) is 21.4 Å². The summed E-state index contributed by atoms with van der Waals surface area (Å²) in [6.45, 7) is 0.378. The minimum Gasteiger partial charge on any atom is -0.305 e. The number of aromatic nitrogens is 3. The summed E-state index contributed by atoms with van der Waals surface area (Å²) in [4.78, 5) is 30.7. The molecule has 1 N–H and O–H groups in total. The zero-order chi connectivity index (χ0) is 32.0. The number of hydrogen-bond donors (Lipinski definition) is 1. The summed E-state index contributed by atoms with van der Waals surface area (Å²) in [5.74, 6) is -8.26. The number of H-pyrrole nitrogens is 1. The van der Waals surface area contributed by atoms with Gasteiger partial charge in [0.1, 0.15) is 6.04 Å².